The number of quaternary nitrogens is 1. The lowest BCUT2D eigenvalue weighted by molar-refractivity contribution is -0.937. The van der Waals surface area contributed by atoms with E-state index in [2.05, 4.69) is 12.4 Å². The molecule has 4 fully saturated rings. The number of rotatable bonds is 1. The van der Waals surface area contributed by atoms with Crippen molar-refractivity contribution in [1.82, 2.24) is 0 Å². The number of piperidine rings is 2. The Morgan fingerprint density at radius 1 is 1.41 bits per heavy atom. The summed E-state index contributed by atoms with van der Waals surface area (Å²) in [5.74, 6) is -1.83. The summed E-state index contributed by atoms with van der Waals surface area (Å²) in [4.78, 5) is 26.6. The number of para-hydroxylation sites is 1. The van der Waals surface area contributed by atoms with Crippen molar-refractivity contribution in [2.75, 3.05) is 32.1 Å². The zero-order valence-electron chi connectivity index (χ0n) is 15.5. The van der Waals surface area contributed by atoms with Crippen molar-refractivity contribution in [3.63, 3.8) is 0 Å². The average Bonchev–Trinajstić information content (AvgIpc) is 3.05. The van der Waals surface area contributed by atoms with Crippen molar-refractivity contribution in [3.05, 3.63) is 41.5 Å². The molecular formula is C21H22N2O4. The largest absolute Gasteiger partial charge is 0.549 e. The Morgan fingerprint density at radius 2 is 2.19 bits per heavy atom. The number of aliphatic carboxylic acids is 1. The number of allylic oxidation sites excluding steroid dienone is 1. The fraction of sp³-hybridized carbons (Fsp3) is 0.524. The number of fused-ring (bicyclic) bond motifs is 3. The lowest BCUT2D eigenvalue weighted by Gasteiger charge is -2.67. The fourth-order valence-electron chi connectivity index (χ4n) is 7.49. The number of nitrogens with zero attached hydrogens (tertiary/aromatic N) is 1. The molecule has 6 rings (SSSR count). The van der Waals surface area contributed by atoms with Gasteiger partial charge >= 0.3 is 0 Å². The van der Waals surface area contributed by atoms with Crippen LogP contribution in [0.5, 0.6) is 0 Å². The molecule has 4 aliphatic heterocycles. The Morgan fingerprint density at radius 3 is 2.93 bits per heavy atom. The number of ketones is 1. The Kier molecular flexibility index (Phi) is 2.51. The number of anilines is 1. The number of hydrogen-bond acceptors (Lipinski definition) is 5. The minimum atomic E-state index is -1.37. The molecule has 0 radical (unpaired) electrons. The molecule has 0 amide bonds. The molecule has 1 N–H and O–H groups in total. The summed E-state index contributed by atoms with van der Waals surface area (Å²) in [5.41, 5.74) is -0.378. The maximum Gasteiger partial charge on any atom is 0.210 e. The van der Waals surface area contributed by atoms with E-state index in [1.54, 1.807) is 0 Å². The Balaban J connectivity index is 1.79. The van der Waals surface area contributed by atoms with Crippen LogP contribution in [0.25, 0.3) is 0 Å². The van der Waals surface area contributed by atoms with Crippen LogP contribution >= 0.6 is 0 Å². The Hall–Kier alpha value is -2.18. The molecule has 27 heavy (non-hydrogen) atoms. The molecule has 1 aromatic carbocycles. The highest BCUT2D eigenvalue weighted by Crippen LogP contribution is 2.74. The van der Waals surface area contributed by atoms with Crippen LogP contribution in [0.3, 0.4) is 0 Å². The molecule has 6 heteroatoms. The Labute approximate surface area is 157 Å². The molecule has 5 bridgehead atoms. The van der Waals surface area contributed by atoms with Crippen LogP contribution in [-0.2, 0) is 19.7 Å². The molecule has 5 aliphatic rings. The van der Waals surface area contributed by atoms with Crippen molar-refractivity contribution in [1.29, 1.82) is 0 Å². The highest BCUT2D eigenvalue weighted by atomic mass is 16.5. The number of carbonyl (C=O) groups is 2. The Bertz CT molecular complexity index is 973. The molecule has 3 saturated heterocycles. The summed E-state index contributed by atoms with van der Waals surface area (Å²) in [6, 6.07) is 7.44. The van der Waals surface area contributed by atoms with Crippen molar-refractivity contribution in [2.24, 2.45) is 11.3 Å². The topological polar surface area (TPSA) is 78.5 Å². The van der Waals surface area contributed by atoms with Gasteiger partial charge in [0.1, 0.15) is 6.54 Å². The number of carboxylic acids is 1. The summed E-state index contributed by atoms with van der Waals surface area (Å²) in [7, 11) is 2.11. The van der Waals surface area contributed by atoms with Crippen molar-refractivity contribution in [3.8, 4) is 0 Å². The van der Waals surface area contributed by atoms with Crippen LogP contribution in [0.15, 0.2) is 35.9 Å². The smallest absolute Gasteiger partial charge is 0.210 e. The van der Waals surface area contributed by atoms with Crippen molar-refractivity contribution >= 4 is 17.4 Å². The number of Topliss-reactive ketones (excluding diaryl/α,β-unsaturated/α-hetero) is 1. The van der Waals surface area contributed by atoms with Gasteiger partial charge in [-0.05, 0) is 24.1 Å². The number of likely N-dealkylation sites (N-methyl/N-ethyl adjacent to an activating group) is 1. The molecule has 0 aromatic heterocycles. The second-order valence-electron chi connectivity index (χ2n) is 9.07. The van der Waals surface area contributed by atoms with E-state index in [0.29, 0.717) is 17.4 Å². The molecule has 6 atom stereocenters. The highest BCUT2D eigenvalue weighted by Gasteiger charge is 2.89. The number of carboxylic acid groups (broad SMARTS) is 1. The molecule has 1 aromatic rings. The number of ether oxygens (including phenoxy) is 1. The SMILES string of the molecule is C/C=C1/C[N+]2(C)CC[C@@]34c5ccccc5NC35OC[C@]4(C(=O)[O-])[C@H]1C(=O)[C@@H]52. The van der Waals surface area contributed by atoms with Crippen molar-refractivity contribution < 1.29 is 23.9 Å². The maximum absolute atomic E-state index is 13.8. The number of carbonyl (C=O) groups excluding carboxylic acids is 2. The summed E-state index contributed by atoms with van der Waals surface area (Å²) in [5, 5.41) is 16.4. The predicted molar refractivity (Wildman–Crippen MR) is 94.4 cm³/mol. The first-order valence-corrected chi connectivity index (χ1v) is 9.64. The van der Waals surface area contributed by atoms with Gasteiger partial charge in [-0.2, -0.15) is 0 Å². The second-order valence-corrected chi connectivity index (χ2v) is 9.07. The number of benzene rings is 1. The van der Waals surface area contributed by atoms with Gasteiger partial charge < -0.3 is 24.4 Å². The third-order valence-electron chi connectivity index (χ3n) is 8.33. The lowest BCUT2D eigenvalue weighted by Crippen LogP contribution is -2.86. The predicted octanol–water partition coefficient (Wildman–Crippen LogP) is 0.190. The summed E-state index contributed by atoms with van der Waals surface area (Å²) >= 11 is 0. The van der Waals surface area contributed by atoms with Gasteiger partial charge in [-0.1, -0.05) is 24.3 Å². The third kappa shape index (κ3) is 1.26. The van der Waals surface area contributed by atoms with Gasteiger partial charge in [-0.25, -0.2) is 0 Å². The summed E-state index contributed by atoms with van der Waals surface area (Å²) in [6.45, 7) is 3.35. The molecule has 140 valence electrons. The monoisotopic (exact) mass is 366 g/mol. The lowest BCUT2D eigenvalue weighted by atomic mass is 9.42. The maximum atomic E-state index is 13.8. The van der Waals surface area contributed by atoms with Crippen LogP contribution in [-0.4, -0.2) is 54.7 Å². The fourth-order valence-corrected chi connectivity index (χ4v) is 7.49. The number of nitrogens with one attached hydrogen (secondary N) is 1. The van der Waals surface area contributed by atoms with Crippen LogP contribution in [0, 0.1) is 11.3 Å². The second kappa shape index (κ2) is 4.28. The van der Waals surface area contributed by atoms with Gasteiger partial charge in [-0.15, -0.1) is 0 Å². The zero-order chi connectivity index (χ0) is 18.8. The zero-order valence-corrected chi connectivity index (χ0v) is 15.5. The molecule has 1 saturated carbocycles. The van der Waals surface area contributed by atoms with E-state index in [0.717, 1.165) is 23.4 Å². The average molecular weight is 366 g/mol. The van der Waals surface area contributed by atoms with Crippen molar-refractivity contribution in [2.45, 2.75) is 30.5 Å². The molecule has 4 heterocycles. The summed E-state index contributed by atoms with van der Waals surface area (Å²) in [6.07, 6.45) is 2.61. The van der Waals surface area contributed by atoms with Crippen LogP contribution < -0.4 is 10.4 Å². The van der Waals surface area contributed by atoms with E-state index in [4.69, 9.17) is 4.74 Å². The highest BCUT2D eigenvalue weighted by molar-refractivity contribution is 6.01. The van der Waals surface area contributed by atoms with E-state index in [1.165, 1.54) is 0 Å². The van der Waals surface area contributed by atoms with Crippen LogP contribution in [0.1, 0.15) is 18.9 Å². The van der Waals surface area contributed by atoms with E-state index in [-0.39, 0.29) is 12.4 Å². The minimum Gasteiger partial charge on any atom is -0.549 e. The molecule has 1 aliphatic carbocycles. The van der Waals surface area contributed by atoms with E-state index in [1.807, 2.05) is 37.3 Å². The van der Waals surface area contributed by atoms with E-state index < -0.39 is 34.5 Å². The summed E-state index contributed by atoms with van der Waals surface area (Å²) < 4.78 is 6.98. The third-order valence-corrected chi connectivity index (χ3v) is 8.33. The molecule has 6 nitrogen and oxygen atoms in total. The minimum absolute atomic E-state index is 0.00539. The van der Waals surface area contributed by atoms with Crippen LogP contribution in [0.4, 0.5) is 5.69 Å². The first-order valence-electron chi connectivity index (χ1n) is 9.64. The van der Waals surface area contributed by atoms with Gasteiger partial charge in [0.2, 0.25) is 11.5 Å². The number of hydrogen-bond donors (Lipinski definition) is 1. The molecule has 2 unspecified atom stereocenters. The van der Waals surface area contributed by atoms with E-state index >= 15 is 0 Å². The van der Waals surface area contributed by atoms with E-state index in [9.17, 15) is 14.7 Å². The molecular weight excluding hydrogens is 344 g/mol. The first-order chi connectivity index (χ1) is 12.9. The van der Waals surface area contributed by atoms with Crippen LogP contribution in [0.2, 0.25) is 0 Å². The molecule has 0 spiro atoms. The van der Waals surface area contributed by atoms with Gasteiger partial charge in [0.05, 0.1) is 42.9 Å². The quantitative estimate of drug-likeness (QED) is 0.567. The first kappa shape index (κ1) is 15.8. The van der Waals surface area contributed by atoms with Gasteiger partial charge in [-0.3, -0.25) is 4.79 Å². The van der Waals surface area contributed by atoms with Gasteiger partial charge in [0, 0.05) is 12.1 Å². The van der Waals surface area contributed by atoms with Gasteiger partial charge in [0.15, 0.2) is 6.04 Å². The standard InChI is InChI=1S/C21H22N2O4/c1-3-12-10-23(2)9-8-20-13-6-4-5-7-14(13)22-21(20)17(23)16(24)15(12)19(20,11-27-21)18(25)26/h3-7,15,17,22H,8-11H2,1-2H3/b12-3-/t15-,17+,19-,20+,21?,23?/m1/s1. The normalized spacial score (nSPS) is 49.7. The van der Waals surface area contributed by atoms with Gasteiger partial charge in [0.25, 0.3) is 0 Å².